The molecule has 1 heterocycles. The molecule has 1 aliphatic rings. The number of hydrogen-bond donors (Lipinski definition) is 0. The minimum absolute atomic E-state index is 0. The average molecular weight is 166 g/mol. The zero-order valence-corrected chi connectivity index (χ0v) is 6.66. The smallest absolute Gasteiger partial charge is 0.00208 e. The second-order valence-electron chi connectivity index (χ2n) is 2.71. The third-order valence-corrected chi connectivity index (χ3v) is 2.61. The Morgan fingerprint density at radius 3 is 2.64 bits per heavy atom. The minimum Gasteiger partial charge on any atom is -0.152 e. The second kappa shape index (κ2) is 3.72. The first kappa shape index (κ1) is 8.54. The van der Waals surface area contributed by atoms with Crippen molar-refractivity contribution in [3.8, 4) is 0 Å². The van der Waals surface area contributed by atoms with Gasteiger partial charge in [-0.05, 0) is 41.7 Å². The molecule has 0 N–H and O–H groups in total. The number of thiophene rings is 1. The maximum Gasteiger partial charge on any atom is -0.00208 e. The van der Waals surface area contributed by atoms with Gasteiger partial charge in [-0.2, -0.15) is 11.3 Å². The molecule has 60 valence electrons. The van der Waals surface area contributed by atoms with Gasteiger partial charge >= 0.3 is 0 Å². The van der Waals surface area contributed by atoms with Crippen molar-refractivity contribution < 1.29 is 0 Å². The minimum atomic E-state index is 0. The van der Waals surface area contributed by atoms with E-state index < -0.39 is 0 Å². The topological polar surface area (TPSA) is 0 Å². The van der Waals surface area contributed by atoms with Crippen molar-refractivity contribution in [2.24, 2.45) is 0 Å². The molecule has 1 heteroatoms. The van der Waals surface area contributed by atoms with Gasteiger partial charge in [0.15, 0.2) is 0 Å². The van der Waals surface area contributed by atoms with Gasteiger partial charge in [0.05, 0.1) is 0 Å². The molecule has 2 rings (SSSR count). The van der Waals surface area contributed by atoms with Crippen LogP contribution in [0.2, 0.25) is 0 Å². The molecule has 1 saturated carbocycles. The van der Waals surface area contributed by atoms with Crippen LogP contribution in [-0.4, -0.2) is 0 Å². The van der Waals surface area contributed by atoms with Crippen LogP contribution in [0.3, 0.4) is 0 Å². The van der Waals surface area contributed by atoms with Crippen molar-refractivity contribution in [2.45, 2.75) is 26.7 Å². The highest BCUT2D eigenvalue weighted by atomic mass is 32.1. The van der Waals surface area contributed by atoms with Crippen LogP contribution in [0, 0.1) is 0 Å². The quantitative estimate of drug-likeness (QED) is 0.592. The Labute approximate surface area is 72.6 Å². The predicted octanol–water partition coefficient (Wildman–Crippen LogP) is 3.95. The summed E-state index contributed by atoms with van der Waals surface area (Å²) >= 11 is 1.77. The van der Waals surface area contributed by atoms with E-state index in [0.717, 1.165) is 0 Å². The van der Waals surface area contributed by atoms with E-state index in [-0.39, 0.29) is 7.43 Å². The first-order chi connectivity index (χ1) is 4.95. The fraction of sp³-hybridized carbons (Fsp3) is 0.400. The lowest BCUT2D eigenvalue weighted by Gasteiger charge is -2.15. The van der Waals surface area contributed by atoms with Gasteiger partial charge in [-0.3, -0.25) is 0 Å². The third-order valence-electron chi connectivity index (χ3n) is 1.91. The van der Waals surface area contributed by atoms with Gasteiger partial charge in [-0.25, -0.2) is 0 Å². The van der Waals surface area contributed by atoms with Crippen LogP contribution < -0.4 is 0 Å². The van der Waals surface area contributed by atoms with Crippen LogP contribution in [0.4, 0.5) is 0 Å². The van der Waals surface area contributed by atoms with Gasteiger partial charge in [0.1, 0.15) is 0 Å². The van der Waals surface area contributed by atoms with Crippen molar-refractivity contribution in [3.05, 3.63) is 28.0 Å². The van der Waals surface area contributed by atoms with Crippen LogP contribution in [-0.2, 0) is 0 Å². The summed E-state index contributed by atoms with van der Waals surface area (Å²) in [5.41, 5.74) is 3.01. The third kappa shape index (κ3) is 1.93. The van der Waals surface area contributed by atoms with Gasteiger partial charge in [0.25, 0.3) is 0 Å². The van der Waals surface area contributed by atoms with Gasteiger partial charge in [-0.15, -0.1) is 0 Å². The summed E-state index contributed by atoms with van der Waals surface area (Å²) in [6.45, 7) is 0. The van der Waals surface area contributed by atoms with Gasteiger partial charge in [0, 0.05) is 0 Å². The molecular formula is C10H14S. The molecule has 0 aliphatic heterocycles. The highest BCUT2D eigenvalue weighted by molar-refractivity contribution is 7.08. The van der Waals surface area contributed by atoms with Crippen molar-refractivity contribution in [1.82, 2.24) is 0 Å². The number of hydrogen-bond acceptors (Lipinski definition) is 1. The first-order valence-electron chi connectivity index (χ1n) is 3.67. The lowest BCUT2D eigenvalue weighted by atomic mass is 9.91. The molecule has 0 bridgehead atoms. The summed E-state index contributed by atoms with van der Waals surface area (Å²) in [5.74, 6) is 0. The van der Waals surface area contributed by atoms with E-state index in [1.54, 1.807) is 16.9 Å². The molecule has 0 atom stereocenters. The Hall–Kier alpha value is -0.560. The molecule has 1 aromatic rings. The van der Waals surface area contributed by atoms with Crippen LogP contribution in [0.1, 0.15) is 32.3 Å². The normalized spacial score (nSPS) is 15.1. The standard InChI is InChI=1S/C9H10S.CH4/c1-2-8(3-1)6-9-4-5-10-7-9;/h4-7H,1-3H2;1H4. The zero-order chi connectivity index (χ0) is 6.81. The summed E-state index contributed by atoms with van der Waals surface area (Å²) in [6, 6.07) is 2.18. The Bertz CT molecular complexity index is 225. The maximum atomic E-state index is 2.32. The first-order valence-corrected chi connectivity index (χ1v) is 4.61. The molecular weight excluding hydrogens is 152 g/mol. The summed E-state index contributed by atoms with van der Waals surface area (Å²) in [4.78, 5) is 0. The van der Waals surface area contributed by atoms with E-state index in [9.17, 15) is 0 Å². The average Bonchev–Trinajstić information content (AvgIpc) is 2.29. The van der Waals surface area contributed by atoms with Crippen LogP contribution in [0.25, 0.3) is 6.08 Å². The van der Waals surface area contributed by atoms with Crippen molar-refractivity contribution in [2.75, 3.05) is 0 Å². The largest absolute Gasteiger partial charge is 0.152 e. The Morgan fingerprint density at radius 1 is 1.36 bits per heavy atom. The zero-order valence-electron chi connectivity index (χ0n) is 5.84. The van der Waals surface area contributed by atoms with Gasteiger partial charge in [0.2, 0.25) is 0 Å². The maximum absolute atomic E-state index is 2.32. The SMILES string of the molecule is C.C(=C1CCC1)c1ccsc1. The molecule has 0 saturated heterocycles. The fourth-order valence-corrected chi connectivity index (χ4v) is 1.74. The van der Waals surface area contributed by atoms with E-state index >= 15 is 0 Å². The molecule has 0 unspecified atom stereocenters. The van der Waals surface area contributed by atoms with Crippen molar-refractivity contribution >= 4 is 17.4 Å². The summed E-state index contributed by atoms with van der Waals surface area (Å²) in [5, 5.41) is 4.33. The van der Waals surface area contributed by atoms with Gasteiger partial charge < -0.3 is 0 Å². The van der Waals surface area contributed by atoms with Crippen LogP contribution in [0.15, 0.2) is 22.4 Å². The fourth-order valence-electron chi connectivity index (χ4n) is 1.12. The Morgan fingerprint density at radius 2 is 2.18 bits per heavy atom. The van der Waals surface area contributed by atoms with Crippen molar-refractivity contribution in [3.63, 3.8) is 0 Å². The lowest BCUT2D eigenvalue weighted by molar-refractivity contribution is 0.670. The Balaban J connectivity index is 0.000000605. The lowest BCUT2D eigenvalue weighted by Crippen LogP contribution is -1.95. The molecule has 11 heavy (non-hydrogen) atoms. The monoisotopic (exact) mass is 166 g/mol. The van der Waals surface area contributed by atoms with E-state index in [4.69, 9.17) is 0 Å². The summed E-state index contributed by atoms with van der Waals surface area (Å²) in [6.07, 6.45) is 6.38. The molecule has 0 amide bonds. The second-order valence-corrected chi connectivity index (χ2v) is 3.49. The molecule has 0 nitrogen and oxygen atoms in total. The van der Waals surface area contributed by atoms with Crippen LogP contribution >= 0.6 is 11.3 Å². The van der Waals surface area contributed by atoms with Crippen LogP contribution in [0.5, 0.6) is 0 Å². The highest BCUT2D eigenvalue weighted by Gasteiger charge is 2.07. The number of rotatable bonds is 1. The summed E-state index contributed by atoms with van der Waals surface area (Å²) in [7, 11) is 0. The number of allylic oxidation sites excluding steroid dienone is 1. The molecule has 0 aromatic carbocycles. The van der Waals surface area contributed by atoms with E-state index in [0.29, 0.717) is 0 Å². The van der Waals surface area contributed by atoms with E-state index in [1.807, 2.05) is 0 Å². The highest BCUT2D eigenvalue weighted by Crippen LogP contribution is 2.27. The molecule has 1 aliphatic carbocycles. The van der Waals surface area contributed by atoms with E-state index in [2.05, 4.69) is 22.9 Å². The molecule has 0 radical (unpaired) electrons. The van der Waals surface area contributed by atoms with Crippen molar-refractivity contribution in [1.29, 1.82) is 0 Å². The molecule has 0 spiro atoms. The molecule has 1 fully saturated rings. The molecule has 1 aromatic heterocycles. The predicted molar refractivity (Wildman–Crippen MR) is 52.9 cm³/mol. The van der Waals surface area contributed by atoms with Gasteiger partial charge in [-0.1, -0.05) is 19.1 Å². The van der Waals surface area contributed by atoms with E-state index in [1.165, 1.54) is 24.8 Å². The summed E-state index contributed by atoms with van der Waals surface area (Å²) < 4.78 is 0. The Kier molecular flexibility index (Phi) is 2.89.